The summed E-state index contributed by atoms with van der Waals surface area (Å²) in [6, 6.07) is 5.88. The highest BCUT2D eigenvalue weighted by Gasteiger charge is 2.19. The van der Waals surface area contributed by atoms with Gasteiger partial charge in [-0.25, -0.2) is 4.79 Å². The SMILES string of the molecule is Cc1ccc(-n2nc(C)c(C(=O)OCC(=O)NCCC(C)C)n2)c(C)c1. The number of amides is 1. The number of nitrogens with zero attached hydrogens (tertiary/aromatic N) is 3. The zero-order valence-corrected chi connectivity index (χ0v) is 16.0. The second kappa shape index (κ2) is 8.60. The zero-order chi connectivity index (χ0) is 19.3. The van der Waals surface area contributed by atoms with Crippen LogP contribution in [-0.2, 0) is 9.53 Å². The van der Waals surface area contributed by atoms with E-state index in [0.717, 1.165) is 23.2 Å². The first-order valence-corrected chi connectivity index (χ1v) is 8.73. The predicted molar refractivity (Wildman–Crippen MR) is 98.3 cm³/mol. The lowest BCUT2D eigenvalue weighted by Gasteiger charge is -2.07. The van der Waals surface area contributed by atoms with Gasteiger partial charge in [0.25, 0.3) is 5.91 Å². The molecule has 0 spiro atoms. The quantitative estimate of drug-likeness (QED) is 0.769. The number of hydrogen-bond acceptors (Lipinski definition) is 5. The van der Waals surface area contributed by atoms with Crippen molar-refractivity contribution in [3.8, 4) is 5.69 Å². The molecule has 0 saturated carbocycles. The molecule has 0 fully saturated rings. The number of ether oxygens (including phenoxy) is 1. The van der Waals surface area contributed by atoms with Crippen LogP contribution in [0.15, 0.2) is 18.2 Å². The zero-order valence-electron chi connectivity index (χ0n) is 16.0. The number of benzene rings is 1. The van der Waals surface area contributed by atoms with Crippen molar-refractivity contribution in [1.29, 1.82) is 0 Å². The van der Waals surface area contributed by atoms with Gasteiger partial charge in [0, 0.05) is 6.54 Å². The van der Waals surface area contributed by atoms with Crippen molar-refractivity contribution in [2.24, 2.45) is 5.92 Å². The van der Waals surface area contributed by atoms with Crippen molar-refractivity contribution in [2.75, 3.05) is 13.2 Å². The monoisotopic (exact) mass is 358 g/mol. The van der Waals surface area contributed by atoms with Gasteiger partial charge in [0.1, 0.15) is 0 Å². The number of carbonyl (C=O) groups excluding carboxylic acids is 2. The number of aryl methyl sites for hydroxylation is 3. The molecule has 1 aromatic heterocycles. The van der Waals surface area contributed by atoms with E-state index in [1.165, 1.54) is 4.80 Å². The van der Waals surface area contributed by atoms with Crippen LogP contribution in [-0.4, -0.2) is 40.0 Å². The van der Waals surface area contributed by atoms with E-state index in [-0.39, 0.29) is 18.2 Å². The third kappa shape index (κ3) is 5.15. The van der Waals surface area contributed by atoms with Gasteiger partial charge in [0.15, 0.2) is 12.3 Å². The van der Waals surface area contributed by atoms with Crippen LogP contribution < -0.4 is 5.32 Å². The van der Waals surface area contributed by atoms with Gasteiger partial charge < -0.3 is 10.1 Å². The molecule has 26 heavy (non-hydrogen) atoms. The molecular weight excluding hydrogens is 332 g/mol. The summed E-state index contributed by atoms with van der Waals surface area (Å²) >= 11 is 0. The highest BCUT2D eigenvalue weighted by atomic mass is 16.5. The van der Waals surface area contributed by atoms with Crippen LogP contribution >= 0.6 is 0 Å². The molecule has 7 nitrogen and oxygen atoms in total. The summed E-state index contributed by atoms with van der Waals surface area (Å²) in [4.78, 5) is 25.4. The molecule has 0 unspecified atom stereocenters. The Balaban J connectivity index is 1.99. The van der Waals surface area contributed by atoms with Crippen LogP contribution in [0.4, 0.5) is 0 Å². The second-order valence-corrected chi connectivity index (χ2v) is 6.82. The number of carbonyl (C=O) groups is 2. The average molecular weight is 358 g/mol. The maximum absolute atomic E-state index is 12.2. The summed E-state index contributed by atoms with van der Waals surface area (Å²) < 4.78 is 5.06. The van der Waals surface area contributed by atoms with Gasteiger partial charge in [-0.15, -0.1) is 5.10 Å². The molecule has 0 aliphatic rings. The Labute approximate surface area is 153 Å². The summed E-state index contributed by atoms with van der Waals surface area (Å²) in [5.74, 6) is -0.475. The van der Waals surface area contributed by atoms with Gasteiger partial charge in [-0.2, -0.15) is 9.90 Å². The van der Waals surface area contributed by atoms with Crippen LogP contribution in [0.25, 0.3) is 5.69 Å². The van der Waals surface area contributed by atoms with Crippen LogP contribution in [0.3, 0.4) is 0 Å². The fraction of sp³-hybridized carbons (Fsp3) is 0.474. The van der Waals surface area contributed by atoms with E-state index in [2.05, 4.69) is 29.4 Å². The second-order valence-electron chi connectivity index (χ2n) is 6.82. The molecule has 0 atom stereocenters. The molecule has 1 N–H and O–H groups in total. The van der Waals surface area contributed by atoms with E-state index in [0.29, 0.717) is 18.2 Å². The number of rotatable bonds is 7. The lowest BCUT2D eigenvalue weighted by molar-refractivity contribution is -0.124. The normalized spacial score (nSPS) is 10.8. The summed E-state index contributed by atoms with van der Waals surface area (Å²) in [5.41, 5.74) is 3.50. The fourth-order valence-electron chi connectivity index (χ4n) is 2.46. The summed E-state index contributed by atoms with van der Waals surface area (Å²) in [7, 11) is 0. The number of nitrogens with one attached hydrogen (secondary N) is 1. The molecule has 0 saturated heterocycles. The Hall–Kier alpha value is -2.70. The van der Waals surface area contributed by atoms with E-state index >= 15 is 0 Å². The van der Waals surface area contributed by atoms with Crippen LogP contribution in [0.2, 0.25) is 0 Å². The first-order valence-electron chi connectivity index (χ1n) is 8.73. The van der Waals surface area contributed by atoms with E-state index in [1.54, 1.807) is 6.92 Å². The average Bonchev–Trinajstić information content (AvgIpc) is 2.94. The topological polar surface area (TPSA) is 86.1 Å². The van der Waals surface area contributed by atoms with Crippen molar-refractivity contribution in [3.63, 3.8) is 0 Å². The van der Waals surface area contributed by atoms with Gasteiger partial charge >= 0.3 is 5.97 Å². The van der Waals surface area contributed by atoms with Gasteiger partial charge in [0.2, 0.25) is 0 Å². The van der Waals surface area contributed by atoms with Gasteiger partial charge in [-0.05, 0) is 44.7 Å². The molecule has 140 valence electrons. The van der Waals surface area contributed by atoms with E-state index < -0.39 is 5.97 Å². The van der Waals surface area contributed by atoms with Crippen molar-refractivity contribution in [2.45, 2.75) is 41.0 Å². The Bertz CT molecular complexity index is 796. The molecule has 2 rings (SSSR count). The number of esters is 1. The number of hydrogen-bond donors (Lipinski definition) is 1. The lowest BCUT2D eigenvalue weighted by Crippen LogP contribution is -2.30. The predicted octanol–water partition coefficient (Wildman–Crippen LogP) is 2.51. The Morgan fingerprint density at radius 1 is 1.19 bits per heavy atom. The molecule has 7 heteroatoms. The maximum atomic E-state index is 12.2. The Morgan fingerprint density at radius 3 is 2.58 bits per heavy atom. The Kier molecular flexibility index (Phi) is 6.49. The van der Waals surface area contributed by atoms with Gasteiger partial charge in [-0.3, -0.25) is 4.79 Å². The molecule has 1 amide bonds. The molecule has 2 aromatic rings. The van der Waals surface area contributed by atoms with Crippen LogP contribution in [0, 0.1) is 26.7 Å². The minimum Gasteiger partial charge on any atom is -0.451 e. The highest BCUT2D eigenvalue weighted by molar-refractivity contribution is 5.90. The maximum Gasteiger partial charge on any atom is 0.361 e. The standard InChI is InChI=1S/C19H26N4O3/c1-12(2)8-9-20-17(24)11-26-19(25)18-15(5)21-23(22-18)16-7-6-13(3)10-14(16)4/h6-7,10,12H,8-9,11H2,1-5H3,(H,20,24). The third-order valence-corrected chi connectivity index (χ3v) is 3.92. The molecule has 1 aromatic carbocycles. The molecule has 0 aliphatic heterocycles. The summed E-state index contributed by atoms with van der Waals surface area (Å²) in [6.45, 7) is 10.0. The summed E-state index contributed by atoms with van der Waals surface area (Å²) in [6.07, 6.45) is 0.878. The van der Waals surface area contributed by atoms with Crippen LogP contribution in [0.1, 0.15) is 47.6 Å². The molecule has 0 bridgehead atoms. The van der Waals surface area contributed by atoms with Crippen LogP contribution in [0.5, 0.6) is 0 Å². The Morgan fingerprint density at radius 2 is 1.92 bits per heavy atom. The molecule has 1 heterocycles. The fourth-order valence-corrected chi connectivity index (χ4v) is 2.46. The first-order chi connectivity index (χ1) is 12.3. The lowest BCUT2D eigenvalue weighted by atomic mass is 10.1. The highest BCUT2D eigenvalue weighted by Crippen LogP contribution is 2.15. The van der Waals surface area contributed by atoms with E-state index in [9.17, 15) is 9.59 Å². The van der Waals surface area contributed by atoms with Crippen molar-refractivity contribution < 1.29 is 14.3 Å². The smallest absolute Gasteiger partial charge is 0.361 e. The molecular formula is C19H26N4O3. The van der Waals surface area contributed by atoms with E-state index in [1.807, 2.05) is 32.0 Å². The summed E-state index contributed by atoms with van der Waals surface area (Å²) in [5, 5.41) is 11.2. The molecule has 0 radical (unpaired) electrons. The first kappa shape index (κ1) is 19.6. The van der Waals surface area contributed by atoms with Crippen molar-refractivity contribution in [3.05, 3.63) is 40.7 Å². The largest absolute Gasteiger partial charge is 0.451 e. The van der Waals surface area contributed by atoms with Crippen molar-refractivity contribution in [1.82, 2.24) is 20.3 Å². The number of aromatic nitrogens is 3. The van der Waals surface area contributed by atoms with Crippen molar-refractivity contribution >= 4 is 11.9 Å². The van der Waals surface area contributed by atoms with Gasteiger partial charge in [0.05, 0.1) is 11.4 Å². The minimum atomic E-state index is -0.655. The third-order valence-electron chi connectivity index (χ3n) is 3.92. The minimum absolute atomic E-state index is 0.111. The van der Waals surface area contributed by atoms with E-state index in [4.69, 9.17) is 4.74 Å². The molecule has 0 aliphatic carbocycles. The van der Waals surface area contributed by atoms with Gasteiger partial charge in [-0.1, -0.05) is 31.5 Å².